The molecule has 1 aromatic rings. The van der Waals surface area contributed by atoms with E-state index < -0.39 is 71.3 Å². The van der Waals surface area contributed by atoms with Gasteiger partial charge in [0.25, 0.3) is 0 Å². The number of hydrogen-bond donors (Lipinski definition) is 7. The molecule has 0 spiro atoms. The Labute approximate surface area is 380 Å². The summed E-state index contributed by atoms with van der Waals surface area (Å²) < 4.78 is 33.3. The third kappa shape index (κ3) is 19.9. The fraction of sp³-hybridized carbons (Fsp3) is 0.733. The SMILES string of the molecule is Cc1c(C)c2c(c(C)c1OC(=O)C(CSC[C@H](NC(=O)CC[C@H](N)C(=O)O)C(=O)NCC(=O)O)C(=O)NCCS(=O)O)CCC(C)(CCCC(C)CCCC(C)CCCC(C)C)O2. The molecule has 0 fully saturated rings. The minimum Gasteiger partial charge on any atom is -0.487 e. The van der Waals surface area contributed by atoms with Crippen LogP contribution in [0, 0.1) is 44.4 Å². The van der Waals surface area contributed by atoms with Crippen molar-refractivity contribution in [3.8, 4) is 11.5 Å². The predicted octanol–water partition coefficient (Wildman–Crippen LogP) is 5.61. The maximum Gasteiger partial charge on any atom is 0.324 e. The Kier molecular flexibility index (Phi) is 24.2. The van der Waals surface area contributed by atoms with Crippen molar-refractivity contribution in [3.05, 3.63) is 22.3 Å². The van der Waals surface area contributed by atoms with Crippen LogP contribution in [0.25, 0.3) is 0 Å². The molecule has 1 heterocycles. The van der Waals surface area contributed by atoms with Gasteiger partial charge in [0.1, 0.15) is 41.6 Å². The van der Waals surface area contributed by atoms with E-state index in [1.165, 1.54) is 38.5 Å². The van der Waals surface area contributed by atoms with Crippen LogP contribution in [-0.2, 0) is 46.3 Å². The maximum atomic E-state index is 13.9. The quantitative estimate of drug-likeness (QED) is 0.0214. The Hall–Kier alpha value is -3.74. The number of aliphatic carboxylic acids is 2. The van der Waals surface area contributed by atoms with Crippen LogP contribution in [0.3, 0.4) is 0 Å². The highest BCUT2D eigenvalue weighted by molar-refractivity contribution is 7.99. The van der Waals surface area contributed by atoms with Gasteiger partial charge in [-0.05, 0) is 94.2 Å². The Morgan fingerprint density at radius 3 is 2.06 bits per heavy atom. The molecule has 0 radical (unpaired) electrons. The van der Waals surface area contributed by atoms with Crippen molar-refractivity contribution in [1.29, 1.82) is 0 Å². The monoisotopic (exact) mass is 926 g/mol. The zero-order valence-electron chi connectivity index (χ0n) is 38.6. The molecule has 63 heavy (non-hydrogen) atoms. The predicted molar refractivity (Wildman–Crippen MR) is 245 cm³/mol. The van der Waals surface area contributed by atoms with E-state index in [9.17, 15) is 37.5 Å². The molecule has 0 bridgehead atoms. The summed E-state index contributed by atoms with van der Waals surface area (Å²) in [7, 11) is 0. The lowest BCUT2D eigenvalue weighted by molar-refractivity contribution is -0.144. The number of amides is 3. The largest absolute Gasteiger partial charge is 0.487 e. The Morgan fingerprint density at radius 2 is 1.48 bits per heavy atom. The zero-order chi connectivity index (χ0) is 47.4. The topological polar surface area (TPSA) is 261 Å². The number of benzene rings is 1. The number of nitrogens with one attached hydrogen (secondary N) is 3. The van der Waals surface area contributed by atoms with E-state index >= 15 is 0 Å². The molecule has 5 unspecified atom stereocenters. The molecule has 0 saturated carbocycles. The number of carboxylic acids is 2. The molecule has 0 saturated heterocycles. The van der Waals surface area contributed by atoms with Crippen molar-refractivity contribution >= 4 is 58.5 Å². The van der Waals surface area contributed by atoms with Crippen LogP contribution in [-0.4, -0.2) is 103 Å². The molecule has 358 valence electrons. The van der Waals surface area contributed by atoms with Crippen molar-refractivity contribution in [1.82, 2.24) is 16.0 Å². The van der Waals surface area contributed by atoms with E-state index in [2.05, 4.69) is 50.6 Å². The second-order valence-corrected chi connectivity index (χ2v) is 20.1. The lowest BCUT2D eigenvalue weighted by atomic mass is 9.83. The normalized spacial score (nSPS) is 17.6. The summed E-state index contributed by atoms with van der Waals surface area (Å²) in [4.78, 5) is 75.1. The number of rotatable bonds is 30. The number of carboxylic acid groups (broad SMARTS) is 2. The van der Waals surface area contributed by atoms with Gasteiger partial charge in [-0.1, -0.05) is 72.6 Å². The highest BCUT2D eigenvalue weighted by Crippen LogP contribution is 2.45. The van der Waals surface area contributed by atoms with Crippen molar-refractivity contribution in [3.63, 3.8) is 0 Å². The van der Waals surface area contributed by atoms with Gasteiger partial charge >= 0.3 is 17.9 Å². The fourth-order valence-corrected chi connectivity index (χ4v) is 9.08. The number of fused-ring (bicyclic) bond motifs is 1. The molecule has 2 rings (SSSR count). The average molecular weight is 927 g/mol. The van der Waals surface area contributed by atoms with Crippen LogP contribution in [0.1, 0.15) is 134 Å². The van der Waals surface area contributed by atoms with Crippen LogP contribution >= 0.6 is 11.8 Å². The molecule has 18 heteroatoms. The summed E-state index contributed by atoms with van der Waals surface area (Å²) >= 11 is -1.29. The van der Waals surface area contributed by atoms with Gasteiger partial charge in [0.2, 0.25) is 17.7 Å². The van der Waals surface area contributed by atoms with Crippen LogP contribution in [0.5, 0.6) is 11.5 Å². The summed E-state index contributed by atoms with van der Waals surface area (Å²) in [5.41, 5.74) is 8.25. The standard InChI is InChI=1S/C45H74N4O12S2/c1-27(2)12-9-13-28(3)14-10-15-29(4)16-11-20-45(8)21-19-33-32(7)39(30(5)31(6)40(33)61-45)60-44(57)34(41(53)47-22-23-63(58)59)25-62-26-36(42(54)48-24-38(51)52)49-37(50)18-17-35(46)43(55)56/h27-29,34-36H,9-26,46H2,1-8H3,(H,47,53)(H,48,54)(H,49,50)(H,51,52)(H,55,56)(H,58,59)/t28?,29?,34?,35-,36-,45?/m0/s1. The Morgan fingerprint density at radius 1 is 0.857 bits per heavy atom. The molecule has 0 aliphatic carbocycles. The third-order valence-corrected chi connectivity index (χ3v) is 13.5. The van der Waals surface area contributed by atoms with Crippen molar-refractivity contribution in [2.45, 2.75) is 157 Å². The fourth-order valence-electron chi connectivity index (χ4n) is 7.67. The zero-order valence-corrected chi connectivity index (χ0v) is 40.2. The first kappa shape index (κ1) is 55.4. The van der Waals surface area contributed by atoms with E-state index in [4.69, 9.17) is 25.4 Å². The van der Waals surface area contributed by atoms with E-state index in [-0.39, 0.29) is 42.2 Å². The van der Waals surface area contributed by atoms with Gasteiger partial charge in [0.05, 0.1) is 5.75 Å². The first-order valence-electron chi connectivity index (χ1n) is 22.3. The molecule has 0 aromatic heterocycles. The minimum absolute atomic E-state index is 0.214. The number of hydrogen-bond acceptors (Lipinski definition) is 11. The van der Waals surface area contributed by atoms with E-state index in [1.807, 2.05) is 20.8 Å². The van der Waals surface area contributed by atoms with Crippen molar-refractivity contribution in [2.75, 3.05) is 30.3 Å². The average Bonchev–Trinajstić information content (AvgIpc) is 3.20. The molecule has 1 aliphatic heterocycles. The molecular weight excluding hydrogens is 853 g/mol. The Bertz CT molecular complexity index is 1740. The van der Waals surface area contributed by atoms with Gasteiger partial charge in [-0.2, -0.15) is 11.8 Å². The van der Waals surface area contributed by atoms with Gasteiger partial charge in [-0.25, -0.2) is 4.21 Å². The van der Waals surface area contributed by atoms with Crippen LogP contribution < -0.4 is 31.2 Å². The first-order valence-corrected chi connectivity index (χ1v) is 24.7. The van der Waals surface area contributed by atoms with E-state index in [0.717, 1.165) is 66.2 Å². The summed E-state index contributed by atoms with van der Waals surface area (Å²) in [5, 5.41) is 25.2. The molecule has 1 aromatic carbocycles. The number of thioether (sulfide) groups is 1. The maximum absolute atomic E-state index is 13.9. The lowest BCUT2D eigenvalue weighted by Crippen LogP contribution is -2.49. The van der Waals surface area contributed by atoms with Gasteiger partial charge in [0, 0.05) is 30.0 Å². The Balaban J connectivity index is 2.17. The van der Waals surface area contributed by atoms with Gasteiger partial charge in [-0.15, -0.1) is 0 Å². The summed E-state index contributed by atoms with van der Waals surface area (Å²) in [6, 6.07) is -2.65. The number of esters is 1. The minimum atomic E-state index is -2.21. The number of ether oxygens (including phenoxy) is 2. The lowest BCUT2D eigenvalue weighted by Gasteiger charge is -2.38. The van der Waals surface area contributed by atoms with Crippen LogP contribution in [0.4, 0.5) is 0 Å². The molecular formula is C45H74N4O12S2. The number of nitrogens with two attached hydrogens (primary N) is 1. The number of carbonyl (C=O) groups is 6. The van der Waals surface area contributed by atoms with Gasteiger partial charge in [-0.3, -0.25) is 28.8 Å². The third-order valence-electron chi connectivity index (χ3n) is 11.9. The van der Waals surface area contributed by atoms with E-state index in [0.29, 0.717) is 29.2 Å². The molecule has 7 atom stereocenters. The van der Waals surface area contributed by atoms with Crippen molar-refractivity contribution in [2.24, 2.45) is 29.4 Å². The van der Waals surface area contributed by atoms with Crippen molar-refractivity contribution < 1.29 is 57.2 Å². The smallest absolute Gasteiger partial charge is 0.324 e. The molecule has 1 aliphatic rings. The number of carbonyl (C=O) groups excluding carboxylic acids is 4. The first-order chi connectivity index (χ1) is 29.5. The van der Waals surface area contributed by atoms with Crippen LogP contribution in [0.15, 0.2) is 0 Å². The second-order valence-electron chi connectivity index (χ2n) is 18.0. The highest BCUT2D eigenvalue weighted by Gasteiger charge is 2.36. The highest BCUT2D eigenvalue weighted by atomic mass is 32.2. The summed E-state index contributed by atoms with van der Waals surface area (Å²) in [6.45, 7) is 16.1. The molecule has 3 amide bonds. The molecule has 8 N–H and O–H groups in total. The van der Waals surface area contributed by atoms with Crippen LogP contribution in [0.2, 0.25) is 0 Å². The van der Waals surface area contributed by atoms with E-state index in [1.54, 1.807) is 0 Å². The molecule has 16 nitrogen and oxygen atoms in total. The second kappa shape index (κ2) is 27.6. The van der Waals surface area contributed by atoms with Gasteiger partial charge in [0.15, 0.2) is 11.1 Å². The van der Waals surface area contributed by atoms with Gasteiger partial charge < -0.3 is 45.9 Å². The summed E-state index contributed by atoms with van der Waals surface area (Å²) in [5.74, 6) is -4.91. The summed E-state index contributed by atoms with van der Waals surface area (Å²) in [6.07, 6.45) is 11.7.